The molecule has 5 nitrogen and oxygen atoms in total. The summed E-state index contributed by atoms with van der Waals surface area (Å²) in [5.41, 5.74) is 3.15. The maximum Gasteiger partial charge on any atom is 0.323 e. The summed E-state index contributed by atoms with van der Waals surface area (Å²) in [7, 11) is 0. The Labute approximate surface area is 193 Å². The number of hydrogen-bond donors (Lipinski definition) is 1. The minimum atomic E-state index is -1.09. The van der Waals surface area contributed by atoms with Gasteiger partial charge in [0.1, 0.15) is 10.9 Å². The average Bonchev–Trinajstić information content (AvgIpc) is 3.25. The Morgan fingerprint density at radius 2 is 1.78 bits per heavy atom. The third-order valence-corrected chi connectivity index (χ3v) is 6.82. The molecule has 1 saturated heterocycles. The fourth-order valence-electron chi connectivity index (χ4n) is 3.97. The van der Waals surface area contributed by atoms with Crippen molar-refractivity contribution >= 4 is 67.9 Å². The quantitative estimate of drug-likeness (QED) is 0.332. The summed E-state index contributed by atoms with van der Waals surface area (Å²) in [4.78, 5) is 25.3. The molecule has 158 valence electrons. The summed E-state index contributed by atoms with van der Waals surface area (Å²) >= 11 is 6.35. The highest BCUT2D eigenvalue weighted by Crippen LogP contribution is 2.34. The third kappa shape index (κ3) is 3.81. The second-order valence-electron chi connectivity index (χ2n) is 7.57. The lowest BCUT2D eigenvalue weighted by Gasteiger charge is -2.10. The molecular weight excluding hydrogens is 440 g/mol. The van der Waals surface area contributed by atoms with Crippen molar-refractivity contribution in [1.82, 2.24) is 9.47 Å². The predicted octanol–water partition coefficient (Wildman–Crippen LogP) is 5.13. The molecule has 0 unspecified atom stereocenters. The number of carbonyl (C=O) groups is 2. The molecule has 0 radical (unpaired) electrons. The Bertz CT molecular complexity index is 1440. The predicted molar refractivity (Wildman–Crippen MR) is 133 cm³/mol. The molecule has 32 heavy (non-hydrogen) atoms. The van der Waals surface area contributed by atoms with Gasteiger partial charge in [0.2, 0.25) is 0 Å². The fraction of sp³-hybridized carbons (Fsp3) is 0.0800. The van der Waals surface area contributed by atoms with Crippen LogP contribution >= 0.6 is 24.0 Å². The van der Waals surface area contributed by atoms with Gasteiger partial charge in [-0.15, -0.1) is 0 Å². The lowest BCUT2D eigenvalue weighted by Crippen LogP contribution is -2.33. The molecule has 1 aliphatic heterocycles. The van der Waals surface area contributed by atoms with Gasteiger partial charge in [-0.25, -0.2) is 0 Å². The number of aliphatic carboxylic acids is 1. The zero-order chi connectivity index (χ0) is 22.2. The van der Waals surface area contributed by atoms with Crippen LogP contribution in [0, 0.1) is 0 Å². The van der Waals surface area contributed by atoms with Crippen molar-refractivity contribution in [3.8, 4) is 0 Å². The monoisotopic (exact) mass is 458 g/mol. The van der Waals surface area contributed by atoms with E-state index in [9.17, 15) is 9.59 Å². The van der Waals surface area contributed by atoms with E-state index in [0.717, 1.165) is 33.1 Å². The van der Waals surface area contributed by atoms with Gasteiger partial charge in [0.05, 0.1) is 4.91 Å². The van der Waals surface area contributed by atoms with Crippen LogP contribution in [0.15, 0.2) is 77.8 Å². The Balaban J connectivity index is 1.51. The van der Waals surface area contributed by atoms with Crippen molar-refractivity contribution in [1.29, 1.82) is 0 Å². The van der Waals surface area contributed by atoms with E-state index in [2.05, 4.69) is 41.0 Å². The molecule has 1 aliphatic rings. The van der Waals surface area contributed by atoms with E-state index >= 15 is 0 Å². The summed E-state index contributed by atoms with van der Waals surface area (Å²) in [6.07, 6.45) is 3.84. The normalized spacial score (nSPS) is 15.4. The lowest BCUT2D eigenvalue weighted by atomic mass is 10.1. The number of fused-ring (bicyclic) bond motifs is 2. The molecule has 2 heterocycles. The highest BCUT2D eigenvalue weighted by molar-refractivity contribution is 8.26. The Hall–Kier alpha value is -3.42. The molecule has 1 aromatic heterocycles. The first-order valence-corrected chi connectivity index (χ1v) is 11.2. The van der Waals surface area contributed by atoms with Crippen molar-refractivity contribution in [2.24, 2.45) is 0 Å². The van der Waals surface area contributed by atoms with Crippen molar-refractivity contribution in [3.63, 3.8) is 0 Å². The van der Waals surface area contributed by atoms with Crippen LogP contribution in [0.2, 0.25) is 0 Å². The Morgan fingerprint density at radius 3 is 2.59 bits per heavy atom. The van der Waals surface area contributed by atoms with Gasteiger partial charge in [-0.2, -0.15) is 0 Å². The van der Waals surface area contributed by atoms with Crippen LogP contribution in [0.3, 0.4) is 0 Å². The molecule has 0 bridgehead atoms. The smallest absolute Gasteiger partial charge is 0.323 e. The maximum atomic E-state index is 12.7. The van der Waals surface area contributed by atoms with E-state index in [-0.39, 0.29) is 10.2 Å². The van der Waals surface area contributed by atoms with Crippen LogP contribution in [0.4, 0.5) is 0 Å². The number of aromatic nitrogens is 1. The topological polar surface area (TPSA) is 62.5 Å². The number of carboxylic acid groups (broad SMARTS) is 1. The number of thioether (sulfide) groups is 1. The van der Waals surface area contributed by atoms with Crippen molar-refractivity contribution in [2.45, 2.75) is 6.54 Å². The first-order chi connectivity index (χ1) is 15.5. The van der Waals surface area contributed by atoms with Crippen LogP contribution in [0.25, 0.3) is 27.8 Å². The SMILES string of the molecule is O=C(O)CN1C(=O)/C(=C\c2cn(Cc3ccc4ccccc4c3)c3ccccc23)SC1=S. The Morgan fingerprint density at radius 1 is 1.03 bits per heavy atom. The number of para-hydroxylation sites is 1. The fourth-order valence-corrected chi connectivity index (χ4v) is 5.21. The van der Waals surface area contributed by atoms with E-state index in [1.54, 1.807) is 6.08 Å². The second-order valence-corrected chi connectivity index (χ2v) is 9.25. The highest BCUT2D eigenvalue weighted by atomic mass is 32.2. The van der Waals surface area contributed by atoms with Crippen LogP contribution in [0.1, 0.15) is 11.1 Å². The summed E-state index contributed by atoms with van der Waals surface area (Å²) in [5.74, 6) is -1.46. The molecule has 0 aliphatic carbocycles. The van der Waals surface area contributed by atoms with E-state index < -0.39 is 12.5 Å². The summed E-state index contributed by atoms with van der Waals surface area (Å²) in [6.45, 7) is 0.269. The van der Waals surface area contributed by atoms with Gasteiger partial charge in [-0.05, 0) is 34.5 Å². The number of rotatable bonds is 5. The molecule has 1 N–H and O–H groups in total. The summed E-state index contributed by atoms with van der Waals surface area (Å²) in [5, 5.41) is 12.5. The van der Waals surface area contributed by atoms with Gasteiger partial charge >= 0.3 is 5.97 Å². The molecule has 3 aromatic carbocycles. The van der Waals surface area contributed by atoms with Crippen molar-refractivity contribution in [3.05, 3.63) is 89.0 Å². The first-order valence-electron chi connectivity index (χ1n) is 10.0. The minimum absolute atomic E-state index is 0.267. The number of hydrogen-bond acceptors (Lipinski definition) is 4. The van der Waals surface area contributed by atoms with Crippen LogP contribution in [0.5, 0.6) is 0 Å². The molecule has 1 fully saturated rings. The third-order valence-electron chi connectivity index (χ3n) is 5.44. The largest absolute Gasteiger partial charge is 0.480 e. The average molecular weight is 459 g/mol. The highest BCUT2D eigenvalue weighted by Gasteiger charge is 2.33. The van der Waals surface area contributed by atoms with Gasteiger partial charge in [-0.3, -0.25) is 14.5 Å². The molecule has 0 saturated carbocycles. The van der Waals surface area contributed by atoms with E-state index in [1.165, 1.54) is 16.3 Å². The first kappa shape index (κ1) is 20.5. The van der Waals surface area contributed by atoms with Gasteiger partial charge in [0.25, 0.3) is 5.91 Å². The summed E-state index contributed by atoms with van der Waals surface area (Å²) < 4.78 is 2.44. The number of carbonyl (C=O) groups excluding carboxylic acids is 1. The van der Waals surface area contributed by atoms with E-state index in [4.69, 9.17) is 17.3 Å². The number of amides is 1. The van der Waals surface area contributed by atoms with Crippen molar-refractivity contribution in [2.75, 3.05) is 6.54 Å². The molecule has 0 atom stereocenters. The Kier molecular flexibility index (Phi) is 5.28. The molecule has 1 amide bonds. The van der Waals surface area contributed by atoms with Gasteiger partial charge < -0.3 is 9.67 Å². The minimum Gasteiger partial charge on any atom is -0.480 e. The summed E-state index contributed by atoms with van der Waals surface area (Å²) in [6, 6.07) is 22.8. The standard InChI is InChI=1S/C25H18N2O3S2/c28-23(29)15-27-24(30)22(32-25(27)31)12-19-14-26(21-8-4-3-7-20(19)21)13-16-9-10-17-5-1-2-6-18(17)11-16/h1-12,14H,13,15H2,(H,28,29)/b22-12+. The van der Waals surface area contributed by atoms with E-state index in [0.29, 0.717) is 11.4 Å². The van der Waals surface area contributed by atoms with Crippen LogP contribution < -0.4 is 0 Å². The van der Waals surface area contributed by atoms with E-state index in [1.807, 2.05) is 36.5 Å². The van der Waals surface area contributed by atoms with Crippen LogP contribution in [-0.4, -0.2) is 37.3 Å². The number of thiocarbonyl (C=S) groups is 1. The second kappa shape index (κ2) is 8.26. The van der Waals surface area contributed by atoms with Gasteiger partial charge in [-0.1, -0.05) is 78.6 Å². The van der Waals surface area contributed by atoms with Gasteiger partial charge in [0, 0.05) is 29.2 Å². The lowest BCUT2D eigenvalue weighted by molar-refractivity contribution is -0.140. The molecule has 4 aromatic rings. The number of carboxylic acids is 1. The zero-order valence-electron chi connectivity index (χ0n) is 16.9. The van der Waals surface area contributed by atoms with Crippen LogP contribution in [-0.2, 0) is 16.1 Å². The van der Waals surface area contributed by atoms with Crippen molar-refractivity contribution < 1.29 is 14.7 Å². The van der Waals surface area contributed by atoms with Gasteiger partial charge in [0.15, 0.2) is 0 Å². The maximum absolute atomic E-state index is 12.7. The molecule has 7 heteroatoms. The molecule has 0 spiro atoms. The number of nitrogens with zero attached hydrogens (tertiary/aromatic N) is 2. The zero-order valence-corrected chi connectivity index (χ0v) is 18.5. The molecular formula is C25H18N2O3S2. The molecule has 5 rings (SSSR count). The number of benzene rings is 3.